The molecule has 0 spiro atoms. The fraction of sp³-hybridized carbons (Fsp3) is 0.316. The van der Waals surface area contributed by atoms with Crippen molar-refractivity contribution in [2.45, 2.75) is 31.1 Å². The molecule has 0 bridgehead atoms. The molecule has 1 aromatic carbocycles. The van der Waals surface area contributed by atoms with Crippen LogP contribution in [0.25, 0.3) is 11.2 Å². The minimum absolute atomic E-state index is 0.0172. The van der Waals surface area contributed by atoms with E-state index >= 15 is 4.39 Å². The van der Waals surface area contributed by atoms with Crippen LogP contribution in [0.15, 0.2) is 50.9 Å². The lowest BCUT2D eigenvalue weighted by atomic mass is 9.73. The van der Waals surface area contributed by atoms with Crippen molar-refractivity contribution in [1.29, 1.82) is 0 Å². The van der Waals surface area contributed by atoms with Crippen molar-refractivity contribution in [3.63, 3.8) is 0 Å². The normalized spacial score (nSPS) is 21.1. The molecule has 30 heavy (non-hydrogen) atoms. The van der Waals surface area contributed by atoms with Gasteiger partial charge in [0.15, 0.2) is 11.2 Å². The number of benzene rings is 1. The summed E-state index contributed by atoms with van der Waals surface area (Å²) in [5.41, 5.74) is -0.999. The molecule has 4 aromatic rings. The highest BCUT2D eigenvalue weighted by molar-refractivity contribution is 5.68. The Morgan fingerprint density at radius 3 is 2.60 bits per heavy atom. The van der Waals surface area contributed by atoms with Gasteiger partial charge in [0.25, 0.3) is 5.56 Å². The monoisotopic (exact) mass is 414 g/mol. The maximum Gasteiger partial charge on any atom is 0.437 e. The third kappa shape index (κ3) is 2.85. The number of nitrogens with zero attached hydrogens (tertiary/aromatic N) is 6. The first-order chi connectivity index (χ1) is 14.3. The summed E-state index contributed by atoms with van der Waals surface area (Å²) in [4.78, 5) is 32.9. The number of hydrogen-bond acceptors (Lipinski definition) is 6. The Hall–Kier alpha value is -3.63. The van der Waals surface area contributed by atoms with Crippen molar-refractivity contribution < 1.29 is 13.2 Å². The molecule has 0 atom stereocenters. The van der Waals surface area contributed by atoms with Crippen LogP contribution in [-0.2, 0) is 19.3 Å². The summed E-state index contributed by atoms with van der Waals surface area (Å²) < 4.78 is 37.2. The Morgan fingerprint density at radius 1 is 1.17 bits per heavy atom. The molecule has 3 heterocycles. The van der Waals surface area contributed by atoms with Crippen LogP contribution in [0.4, 0.5) is 8.78 Å². The predicted octanol–water partition coefficient (Wildman–Crippen LogP) is 1.67. The maximum atomic E-state index is 15.0. The van der Waals surface area contributed by atoms with E-state index in [2.05, 4.69) is 15.1 Å². The molecular formula is C19H16F2N6O3. The number of aryl methyl sites for hydroxylation is 1. The number of fused-ring (bicyclic) bond motifs is 1. The van der Waals surface area contributed by atoms with Gasteiger partial charge in [0.05, 0.1) is 12.4 Å². The third-order valence-electron chi connectivity index (χ3n) is 5.44. The highest BCUT2D eigenvalue weighted by Crippen LogP contribution is 2.50. The van der Waals surface area contributed by atoms with E-state index in [0.29, 0.717) is 16.7 Å². The molecule has 3 aromatic heterocycles. The summed E-state index contributed by atoms with van der Waals surface area (Å²) >= 11 is 0. The largest absolute Gasteiger partial charge is 0.437 e. The van der Waals surface area contributed by atoms with Crippen molar-refractivity contribution in [2.24, 2.45) is 7.05 Å². The average Bonchev–Trinajstić information content (AvgIpc) is 3.25. The summed E-state index contributed by atoms with van der Waals surface area (Å²) in [5.74, 6) is -1.15. The standard InChI is InChI=1S/C19H16F2N6O3/c1-25-9-22-16-15(25)17(28)26(10-23-16)8-14-24-27(18(29)30-14)13-6-19(21,7-13)11-2-4-12(20)5-3-11/h2-5,9-10,13H,6-8H2,1H3. The van der Waals surface area contributed by atoms with E-state index in [1.165, 1.54) is 41.5 Å². The van der Waals surface area contributed by atoms with Gasteiger partial charge in [0.1, 0.15) is 24.4 Å². The molecule has 1 saturated carbocycles. The second-order valence-corrected chi connectivity index (χ2v) is 7.45. The Labute approximate surface area is 167 Å². The van der Waals surface area contributed by atoms with Crippen LogP contribution in [-0.4, -0.2) is 28.9 Å². The first-order valence-electron chi connectivity index (χ1n) is 9.24. The van der Waals surface area contributed by atoms with Crippen LogP contribution in [0.3, 0.4) is 0 Å². The zero-order chi connectivity index (χ0) is 21.0. The molecule has 0 saturated heterocycles. The Morgan fingerprint density at radius 2 is 1.87 bits per heavy atom. The summed E-state index contributed by atoms with van der Waals surface area (Å²) in [6.45, 7) is -0.0966. The molecular weight excluding hydrogens is 398 g/mol. The van der Waals surface area contributed by atoms with Gasteiger partial charge in [-0.15, -0.1) is 5.10 Å². The lowest BCUT2D eigenvalue weighted by Crippen LogP contribution is -2.41. The van der Waals surface area contributed by atoms with Crippen molar-refractivity contribution in [2.75, 3.05) is 0 Å². The molecule has 0 unspecified atom stereocenters. The second-order valence-electron chi connectivity index (χ2n) is 7.45. The minimum Gasteiger partial charge on any atom is -0.390 e. The van der Waals surface area contributed by atoms with E-state index < -0.39 is 23.3 Å². The molecule has 11 heteroatoms. The summed E-state index contributed by atoms with van der Waals surface area (Å²) in [7, 11) is 1.68. The number of aromatic nitrogens is 6. The zero-order valence-corrected chi connectivity index (χ0v) is 15.8. The molecule has 0 amide bonds. The number of alkyl halides is 1. The molecule has 0 aliphatic heterocycles. The Kier molecular flexibility index (Phi) is 3.95. The molecule has 1 fully saturated rings. The summed E-state index contributed by atoms with van der Waals surface area (Å²) in [5, 5.41) is 4.13. The van der Waals surface area contributed by atoms with Crippen molar-refractivity contribution >= 4 is 11.2 Å². The number of imidazole rings is 1. The second kappa shape index (κ2) is 6.44. The van der Waals surface area contributed by atoms with Gasteiger partial charge in [-0.05, 0) is 17.7 Å². The van der Waals surface area contributed by atoms with Crippen LogP contribution < -0.4 is 11.3 Å². The van der Waals surface area contributed by atoms with E-state index in [-0.39, 0.29) is 30.8 Å². The topological polar surface area (TPSA) is 101 Å². The minimum atomic E-state index is -1.65. The fourth-order valence-electron chi connectivity index (χ4n) is 3.80. The lowest BCUT2D eigenvalue weighted by molar-refractivity contribution is 0.00174. The highest BCUT2D eigenvalue weighted by Gasteiger charge is 2.48. The van der Waals surface area contributed by atoms with E-state index in [0.717, 1.165) is 4.68 Å². The van der Waals surface area contributed by atoms with Crippen LogP contribution in [0, 0.1) is 5.82 Å². The third-order valence-corrected chi connectivity index (χ3v) is 5.44. The van der Waals surface area contributed by atoms with Gasteiger partial charge in [-0.3, -0.25) is 9.36 Å². The highest BCUT2D eigenvalue weighted by atomic mass is 19.1. The molecule has 154 valence electrons. The van der Waals surface area contributed by atoms with Gasteiger partial charge in [-0.25, -0.2) is 23.5 Å². The Bertz CT molecular complexity index is 1360. The van der Waals surface area contributed by atoms with E-state index in [1.54, 1.807) is 11.6 Å². The summed E-state index contributed by atoms with van der Waals surface area (Å²) in [6, 6.07) is 4.72. The number of halogens is 2. The lowest BCUT2D eigenvalue weighted by Gasteiger charge is -2.40. The van der Waals surface area contributed by atoms with Gasteiger partial charge < -0.3 is 8.98 Å². The van der Waals surface area contributed by atoms with Crippen molar-refractivity contribution in [1.82, 2.24) is 28.9 Å². The molecule has 0 N–H and O–H groups in total. The van der Waals surface area contributed by atoms with E-state index in [4.69, 9.17) is 4.42 Å². The summed E-state index contributed by atoms with van der Waals surface area (Å²) in [6.07, 6.45) is 2.83. The van der Waals surface area contributed by atoms with Gasteiger partial charge in [-0.1, -0.05) is 12.1 Å². The molecule has 5 rings (SSSR count). The van der Waals surface area contributed by atoms with Gasteiger partial charge in [0.2, 0.25) is 5.89 Å². The Balaban J connectivity index is 1.37. The maximum absolute atomic E-state index is 15.0. The first-order valence-corrected chi connectivity index (χ1v) is 9.24. The van der Waals surface area contributed by atoms with Gasteiger partial charge >= 0.3 is 5.76 Å². The quantitative estimate of drug-likeness (QED) is 0.504. The first kappa shape index (κ1) is 18.4. The predicted molar refractivity (Wildman–Crippen MR) is 100 cm³/mol. The zero-order valence-electron chi connectivity index (χ0n) is 15.8. The van der Waals surface area contributed by atoms with Crippen LogP contribution in [0.2, 0.25) is 0 Å². The molecule has 9 nitrogen and oxygen atoms in total. The molecule has 0 radical (unpaired) electrons. The smallest absolute Gasteiger partial charge is 0.390 e. The van der Waals surface area contributed by atoms with E-state index in [1.807, 2.05) is 0 Å². The molecule has 1 aliphatic carbocycles. The van der Waals surface area contributed by atoms with Gasteiger partial charge in [0, 0.05) is 19.9 Å². The van der Waals surface area contributed by atoms with E-state index in [9.17, 15) is 14.0 Å². The van der Waals surface area contributed by atoms with Crippen molar-refractivity contribution in [3.05, 3.63) is 75.1 Å². The van der Waals surface area contributed by atoms with Crippen LogP contribution >= 0.6 is 0 Å². The van der Waals surface area contributed by atoms with Crippen LogP contribution in [0.1, 0.15) is 30.3 Å². The van der Waals surface area contributed by atoms with Gasteiger partial charge in [-0.2, -0.15) is 4.68 Å². The van der Waals surface area contributed by atoms with Crippen LogP contribution in [0.5, 0.6) is 0 Å². The average molecular weight is 414 g/mol. The fourth-order valence-corrected chi connectivity index (χ4v) is 3.80. The number of rotatable bonds is 4. The van der Waals surface area contributed by atoms with Crippen molar-refractivity contribution in [3.8, 4) is 0 Å². The number of hydrogen-bond donors (Lipinski definition) is 0. The SMILES string of the molecule is Cn1cnc2ncn(Cc3nn(C4CC(F)(c5ccc(F)cc5)C4)c(=O)o3)c(=O)c21. The molecule has 1 aliphatic rings.